The van der Waals surface area contributed by atoms with Crippen molar-refractivity contribution in [1.82, 2.24) is 14.5 Å². The first kappa shape index (κ1) is 20.9. The van der Waals surface area contributed by atoms with E-state index >= 15 is 0 Å². The van der Waals surface area contributed by atoms with E-state index in [0.717, 1.165) is 30.4 Å². The number of nitrogens with two attached hydrogens (primary N) is 1. The van der Waals surface area contributed by atoms with Crippen molar-refractivity contribution in [1.29, 1.82) is 0 Å². The molecule has 2 aromatic rings. The summed E-state index contributed by atoms with van der Waals surface area (Å²) in [5.41, 5.74) is 5.67. The summed E-state index contributed by atoms with van der Waals surface area (Å²) < 4.78 is 7.64. The molecular formula is C15H22Cl2N4O2S. The van der Waals surface area contributed by atoms with Gasteiger partial charge in [-0.05, 0) is 31.0 Å². The molecule has 1 aliphatic heterocycles. The second-order valence-electron chi connectivity index (χ2n) is 5.52. The molecule has 1 fully saturated rings. The molecule has 2 aromatic heterocycles. The quantitative estimate of drug-likeness (QED) is 0.791. The molecule has 1 atom stereocenters. The van der Waals surface area contributed by atoms with Gasteiger partial charge in [0, 0.05) is 32.5 Å². The van der Waals surface area contributed by atoms with Crippen LogP contribution in [0.1, 0.15) is 22.7 Å². The Balaban J connectivity index is 0.00000144. The molecule has 1 unspecified atom stereocenters. The zero-order valence-corrected chi connectivity index (χ0v) is 15.8. The minimum Gasteiger partial charge on any atom is -0.455 e. The third kappa shape index (κ3) is 4.69. The Morgan fingerprint density at radius 3 is 2.88 bits per heavy atom. The van der Waals surface area contributed by atoms with E-state index in [1.54, 1.807) is 24.0 Å². The van der Waals surface area contributed by atoms with Gasteiger partial charge in [-0.3, -0.25) is 4.79 Å². The molecular weight excluding hydrogens is 371 g/mol. The van der Waals surface area contributed by atoms with Crippen LogP contribution in [0.5, 0.6) is 0 Å². The van der Waals surface area contributed by atoms with Crippen molar-refractivity contribution >= 4 is 42.5 Å². The number of hydrogen-bond donors (Lipinski definition) is 1. The number of imidazole rings is 1. The third-order valence-electron chi connectivity index (χ3n) is 3.90. The van der Waals surface area contributed by atoms with Gasteiger partial charge in [0.05, 0.1) is 5.75 Å². The maximum absolute atomic E-state index is 12.4. The Hall–Kier alpha value is -1.15. The minimum atomic E-state index is -0.0378. The molecule has 1 aliphatic rings. The fourth-order valence-electron chi connectivity index (χ4n) is 2.56. The normalized spacial score (nSPS) is 16.6. The van der Waals surface area contributed by atoms with E-state index in [-0.39, 0.29) is 30.7 Å². The zero-order valence-electron chi connectivity index (χ0n) is 13.4. The molecule has 1 saturated heterocycles. The summed E-state index contributed by atoms with van der Waals surface area (Å²) >= 11 is 1.58. The first-order valence-electron chi connectivity index (χ1n) is 7.35. The number of rotatable bonds is 5. The number of halogens is 2. The van der Waals surface area contributed by atoms with Crippen LogP contribution in [0.4, 0.5) is 0 Å². The highest BCUT2D eigenvalue weighted by molar-refractivity contribution is 7.98. The first-order valence-corrected chi connectivity index (χ1v) is 8.34. The predicted octanol–water partition coefficient (Wildman–Crippen LogP) is 2.57. The van der Waals surface area contributed by atoms with Gasteiger partial charge in [-0.25, -0.2) is 4.98 Å². The molecule has 0 aliphatic carbocycles. The molecule has 3 heterocycles. The van der Waals surface area contributed by atoms with Gasteiger partial charge in [-0.1, -0.05) is 11.8 Å². The van der Waals surface area contributed by atoms with Gasteiger partial charge in [0.2, 0.25) is 0 Å². The second-order valence-corrected chi connectivity index (χ2v) is 6.46. The smallest absolute Gasteiger partial charge is 0.289 e. The number of nitrogens with zero attached hydrogens (tertiary/aromatic N) is 3. The lowest BCUT2D eigenvalue weighted by Crippen LogP contribution is -2.29. The van der Waals surface area contributed by atoms with Gasteiger partial charge in [0.15, 0.2) is 10.9 Å². The molecule has 0 spiro atoms. The van der Waals surface area contributed by atoms with E-state index in [2.05, 4.69) is 4.98 Å². The van der Waals surface area contributed by atoms with Gasteiger partial charge >= 0.3 is 0 Å². The van der Waals surface area contributed by atoms with Crippen LogP contribution in [0.2, 0.25) is 0 Å². The Morgan fingerprint density at radius 2 is 2.25 bits per heavy atom. The summed E-state index contributed by atoms with van der Waals surface area (Å²) in [6.45, 7) is 2.12. The number of aromatic nitrogens is 2. The standard InChI is InChI=1S/C15H20N4O2S.2ClH/c1-18-7-5-17-15(18)22-10-12-2-3-13(21-12)14(20)19-6-4-11(8-16)9-19;;/h2-3,5,7,11H,4,6,8-10,16H2,1H3;2*1H. The lowest BCUT2D eigenvalue weighted by molar-refractivity contribution is 0.0754. The van der Waals surface area contributed by atoms with Gasteiger partial charge in [-0.15, -0.1) is 24.8 Å². The highest BCUT2D eigenvalue weighted by Crippen LogP contribution is 2.23. The highest BCUT2D eigenvalue weighted by atomic mass is 35.5. The molecule has 0 bridgehead atoms. The average molecular weight is 393 g/mol. The molecule has 134 valence electrons. The van der Waals surface area contributed by atoms with E-state index in [9.17, 15) is 4.79 Å². The Kier molecular flexibility index (Phi) is 8.15. The molecule has 1 amide bonds. The minimum absolute atomic E-state index is 0. The summed E-state index contributed by atoms with van der Waals surface area (Å²) in [4.78, 5) is 18.5. The summed E-state index contributed by atoms with van der Waals surface area (Å²) in [5.74, 6) is 2.23. The fraction of sp³-hybridized carbons (Fsp3) is 0.467. The SMILES string of the molecule is Cl.Cl.Cn1ccnc1SCc1ccc(C(=O)N2CCC(CN)C2)o1. The van der Waals surface area contributed by atoms with Gasteiger partial charge < -0.3 is 19.6 Å². The van der Waals surface area contributed by atoms with Crippen molar-refractivity contribution in [3.63, 3.8) is 0 Å². The Labute approximate surface area is 158 Å². The van der Waals surface area contributed by atoms with Gasteiger partial charge in [0.25, 0.3) is 5.91 Å². The van der Waals surface area contributed by atoms with E-state index in [1.807, 2.05) is 28.8 Å². The maximum atomic E-state index is 12.4. The molecule has 2 N–H and O–H groups in total. The van der Waals surface area contributed by atoms with E-state index < -0.39 is 0 Å². The second kappa shape index (κ2) is 9.36. The van der Waals surface area contributed by atoms with Crippen LogP contribution in [0, 0.1) is 5.92 Å². The molecule has 9 heteroatoms. The number of carbonyl (C=O) groups is 1. The van der Waals surface area contributed by atoms with Gasteiger partial charge in [-0.2, -0.15) is 0 Å². The van der Waals surface area contributed by atoms with Crippen molar-refractivity contribution in [3.8, 4) is 0 Å². The molecule has 24 heavy (non-hydrogen) atoms. The van der Waals surface area contributed by atoms with Crippen LogP contribution in [0.15, 0.2) is 34.1 Å². The largest absolute Gasteiger partial charge is 0.455 e. The van der Waals surface area contributed by atoms with Crippen LogP contribution in [-0.2, 0) is 12.8 Å². The maximum Gasteiger partial charge on any atom is 0.289 e. The number of amides is 1. The number of furan rings is 1. The number of thioether (sulfide) groups is 1. The molecule has 6 nitrogen and oxygen atoms in total. The predicted molar refractivity (Wildman–Crippen MR) is 99.0 cm³/mol. The number of aryl methyl sites for hydroxylation is 1. The molecule has 0 saturated carbocycles. The van der Waals surface area contributed by atoms with Gasteiger partial charge in [0.1, 0.15) is 5.76 Å². The van der Waals surface area contributed by atoms with E-state index in [0.29, 0.717) is 24.0 Å². The average Bonchev–Trinajstić information content (AvgIpc) is 3.25. The van der Waals surface area contributed by atoms with Crippen molar-refractivity contribution in [2.45, 2.75) is 17.3 Å². The monoisotopic (exact) mass is 392 g/mol. The zero-order chi connectivity index (χ0) is 15.5. The molecule has 0 radical (unpaired) electrons. The van der Waals surface area contributed by atoms with Crippen LogP contribution < -0.4 is 5.73 Å². The van der Waals surface area contributed by atoms with Crippen LogP contribution in [0.25, 0.3) is 0 Å². The Bertz CT molecular complexity index is 661. The number of carbonyl (C=O) groups excluding carboxylic acids is 1. The summed E-state index contributed by atoms with van der Waals surface area (Å²) in [7, 11) is 1.95. The van der Waals surface area contributed by atoms with E-state index in [1.165, 1.54) is 0 Å². The van der Waals surface area contributed by atoms with Crippen molar-refractivity contribution in [3.05, 3.63) is 36.0 Å². The van der Waals surface area contributed by atoms with Crippen LogP contribution >= 0.6 is 36.6 Å². The fourth-order valence-corrected chi connectivity index (χ4v) is 3.39. The highest BCUT2D eigenvalue weighted by Gasteiger charge is 2.27. The number of hydrogen-bond acceptors (Lipinski definition) is 5. The summed E-state index contributed by atoms with van der Waals surface area (Å²) in [6.07, 6.45) is 4.64. The lowest BCUT2D eigenvalue weighted by Gasteiger charge is -2.14. The van der Waals surface area contributed by atoms with E-state index in [4.69, 9.17) is 10.2 Å². The van der Waals surface area contributed by atoms with Crippen LogP contribution in [-0.4, -0.2) is 40.0 Å². The Morgan fingerprint density at radius 1 is 1.46 bits per heavy atom. The first-order chi connectivity index (χ1) is 10.7. The van der Waals surface area contributed by atoms with Crippen molar-refractivity contribution in [2.24, 2.45) is 18.7 Å². The van der Waals surface area contributed by atoms with Crippen molar-refractivity contribution < 1.29 is 9.21 Å². The third-order valence-corrected chi connectivity index (χ3v) is 4.98. The number of likely N-dealkylation sites (tertiary alicyclic amines) is 1. The molecule has 0 aromatic carbocycles. The van der Waals surface area contributed by atoms with Crippen LogP contribution in [0.3, 0.4) is 0 Å². The lowest BCUT2D eigenvalue weighted by atomic mass is 10.1. The summed E-state index contributed by atoms with van der Waals surface area (Å²) in [6, 6.07) is 3.62. The van der Waals surface area contributed by atoms with Crippen molar-refractivity contribution in [2.75, 3.05) is 19.6 Å². The topological polar surface area (TPSA) is 77.3 Å². The molecule has 3 rings (SSSR count). The summed E-state index contributed by atoms with van der Waals surface area (Å²) in [5, 5.41) is 0.926.